The number of benzene rings is 1. The molecule has 0 aromatic heterocycles. The zero-order chi connectivity index (χ0) is 16.8. The standard InChI is InChI=1S/C17H25N3O3/c1-12(21)15-5-3-4-6-16(15)19-17(22)11-20-8-7-14(23-2)9-13(20)10-18/h3-6,13-14H,7-11,18H2,1-2H3,(H,19,22). The second-order valence-corrected chi connectivity index (χ2v) is 5.89. The zero-order valence-corrected chi connectivity index (χ0v) is 13.7. The van der Waals surface area contributed by atoms with E-state index in [0.29, 0.717) is 17.8 Å². The number of nitrogens with two attached hydrogens (primary N) is 1. The predicted molar refractivity (Wildman–Crippen MR) is 89.5 cm³/mol. The topological polar surface area (TPSA) is 84.7 Å². The van der Waals surface area contributed by atoms with Crippen molar-refractivity contribution in [2.45, 2.75) is 31.9 Å². The largest absolute Gasteiger partial charge is 0.381 e. The van der Waals surface area contributed by atoms with Crippen molar-refractivity contribution < 1.29 is 14.3 Å². The normalized spacial score (nSPS) is 21.9. The fourth-order valence-electron chi connectivity index (χ4n) is 3.00. The summed E-state index contributed by atoms with van der Waals surface area (Å²) in [4.78, 5) is 26.0. The number of nitrogens with zero attached hydrogens (tertiary/aromatic N) is 1. The average molecular weight is 319 g/mol. The van der Waals surface area contributed by atoms with E-state index in [9.17, 15) is 9.59 Å². The lowest BCUT2D eigenvalue weighted by Crippen LogP contribution is -2.51. The van der Waals surface area contributed by atoms with E-state index < -0.39 is 0 Å². The molecule has 1 aliphatic heterocycles. The fourth-order valence-corrected chi connectivity index (χ4v) is 3.00. The molecule has 1 heterocycles. The molecule has 1 aliphatic rings. The van der Waals surface area contributed by atoms with Crippen LogP contribution < -0.4 is 11.1 Å². The van der Waals surface area contributed by atoms with Gasteiger partial charge in [-0.1, -0.05) is 12.1 Å². The van der Waals surface area contributed by atoms with Gasteiger partial charge in [-0.05, 0) is 31.9 Å². The number of piperidine rings is 1. The van der Waals surface area contributed by atoms with Crippen LogP contribution in [0.2, 0.25) is 0 Å². The summed E-state index contributed by atoms with van der Waals surface area (Å²) in [6, 6.07) is 7.18. The number of nitrogens with one attached hydrogen (secondary N) is 1. The molecule has 0 aliphatic carbocycles. The number of Topliss-reactive ketones (excluding diaryl/α,β-unsaturated/α-hetero) is 1. The van der Waals surface area contributed by atoms with Crippen molar-refractivity contribution >= 4 is 17.4 Å². The minimum atomic E-state index is -0.131. The molecular weight excluding hydrogens is 294 g/mol. The van der Waals surface area contributed by atoms with Gasteiger partial charge in [-0.3, -0.25) is 14.5 Å². The minimum absolute atomic E-state index is 0.0679. The van der Waals surface area contributed by atoms with Crippen LogP contribution in [0.15, 0.2) is 24.3 Å². The number of hydrogen-bond donors (Lipinski definition) is 2. The van der Waals surface area contributed by atoms with Crippen molar-refractivity contribution in [1.82, 2.24) is 4.90 Å². The second-order valence-electron chi connectivity index (χ2n) is 5.89. The molecule has 2 rings (SSSR count). The number of ether oxygens (including phenoxy) is 1. The first kappa shape index (κ1) is 17.6. The van der Waals surface area contributed by atoms with Gasteiger partial charge in [-0.15, -0.1) is 0 Å². The zero-order valence-electron chi connectivity index (χ0n) is 13.7. The SMILES string of the molecule is COC1CCN(CC(=O)Nc2ccccc2C(C)=O)C(CN)C1. The van der Waals surface area contributed by atoms with Gasteiger partial charge in [0.1, 0.15) is 0 Å². The number of amides is 1. The van der Waals surface area contributed by atoms with Crippen molar-refractivity contribution in [3.05, 3.63) is 29.8 Å². The molecule has 1 amide bonds. The van der Waals surface area contributed by atoms with Gasteiger partial charge < -0.3 is 15.8 Å². The van der Waals surface area contributed by atoms with Crippen LogP contribution in [0.25, 0.3) is 0 Å². The molecule has 3 N–H and O–H groups in total. The molecule has 0 saturated carbocycles. The molecule has 6 heteroatoms. The monoisotopic (exact) mass is 319 g/mol. The Morgan fingerprint density at radius 2 is 2.13 bits per heavy atom. The summed E-state index contributed by atoms with van der Waals surface area (Å²) in [6.45, 7) is 3.04. The van der Waals surface area contributed by atoms with Gasteiger partial charge in [0.15, 0.2) is 5.78 Å². The molecule has 23 heavy (non-hydrogen) atoms. The summed E-state index contributed by atoms with van der Waals surface area (Å²) in [7, 11) is 1.71. The summed E-state index contributed by atoms with van der Waals surface area (Å²) < 4.78 is 5.39. The van der Waals surface area contributed by atoms with E-state index in [1.807, 2.05) is 0 Å². The Balaban J connectivity index is 1.98. The van der Waals surface area contributed by atoms with Crippen molar-refractivity contribution in [1.29, 1.82) is 0 Å². The molecule has 0 spiro atoms. The smallest absolute Gasteiger partial charge is 0.238 e. The third-order valence-corrected chi connectivity index (χ3v) is 4.32. The van der Waals surface area contributed by atoms with Crippen LogP contribution in [0, 0.1) is 0 Å². The minimum Gasteiger partial charge on any atom is -0.381 e. The van der Waals surface area contributed by atoms with E-state index >= 15 is 0 Å². The lowest BCUT2D eigenvalue weighted by Gasteiger charge is -2.37. The Labute approximate surface area is 137 Å². The molecular formula is C17H25N3O3. The highest BCUT2D eigenvalue weighted by Gasteiger charge is 2.28. The Morgan fingerprint density at radius 1 is 1.39 bits per heavy atom. The van der Waals surface area contributed by atoms with Crippen LogP contribution in [0.1, 0.15) is 30.1 Å². The van der Waals surface area contributed by atoms with Gasteiger partial charge >= 0.3 is 0 Å². The highest BCUT2D eigenvalue weighted by Crippen LogP contribution is 2.20. The first-order chi connectivity index (χ1) is 11.0. The summed E-state index contributed by atoms with van der Waals surface area (Å²) in [5.74, 6) is -0.199. The lowest BCUT2D eigenvalue weighted by molar-refractivity contribution is -0.118. The maximum absolute atomic E-state index is 12.3. The van der Waals surface area contributed by atoms with E-state index in [4.69, 9.17) is 10.5 Å². The van der Waals surface area contributed by atoms with Crippen LogP contribution in [-0.2, 0) is 9.53 Å². The highest BCUT2D eigenvalue weighted by molar-refractivity contribution is 6.04. The Morgan fingerprint density at radius 3 is 2.78 bits per heavy atom. The highest BCUT2D eigenvalue weighted by atomic mass is 16.5. The van der Waals surface area contributed by atoms with E-state index in [0.717, 1.165) is 19.4 Å². The predicted octanol–water partition coefficient (Wildman–Crippen LogP) is 1.27. The number of likely N-dealkylation sites (tertiary alicyclic amines) is 1. The molecule has 6 nitrogen and oxygen atoms in total. The molecule has 2 atom stereocenters. The van der Waals surface area contributed by atoms with Crippen LogP contribution in [0.3, 0.4) is 0 Å². The van der Waals surface area contributed by atoms with Crippen molar-refractivity contribution in [3.63, 3.8) is 0 Å². The summed E-state index contributed by atoms with van der Waals surface area (Å²) in [5.41, 5.74) is 6.91. The number of hydrogen-bond acceptors (Lipinski definition) is 5. The van der Waals surface area contributed by atoms with Crippen LogP contribution >= 0.6 is 0 Å². The van der Waals surface area contributed by atoms with E-state index in [1.54, 1.807) is 31.4 Å². The second kappa shape index (κ2) is 8.19. The molecule has 1 saturated heterocycles. The van der Waals surface area contributed by atoms with Gasteiger partial charge in [0.25, 0.3) is 0 Å². The maximum Gasteiger partial charge on any atom is 0.238 e. The number of rotatable bonds is 6. The molecule has 2 unspecified atom stereocenters. The van der Waals surface area contributed by atoms with E-state index in [1.165, 1.54) is 6.92 Å². The van der Waals surface area contributed by atoms with Crippen molar-refractivity contribution in [2.75, 3.05) is 32.1 Å². The third kappa shape index (κ3) is 4.60. The molecule has 1 aromatic carbocycles. The number of carbonyl (C=O) groups excluding carboxylic acids is 2. The van der Waals surface area contributed by atoms with Gasteiger partial charge in [0.2, 0.25) is 5.91 Å². The third-order valence-electron chi connectivity index (χ3n) is 4.32. The molecule has 126 valence electrons. The number of ketones is 1. The number of anilines is 1. The molecule has 0 bridgehead atoms. The Bertz CT molecular complexity index is 562. The summed E-state index contributed by atoms with van der Waals surface area (Å²) >= 11 is 0. The average Bonchev–Trinajstić information content (AvgIpc) is 2.55. The lowest BCUT2D eigenvalue weighted by atomic mass is 9.99. The van der Waals surface area contributed by atoms with Crippen LogP contribution in [-0.4, -0.2) is 55.5 Å². The van der Waals surface area contributed by atoms with Crippen LogP contribution in [0.5, 0.6) is 0 Å². The van der Waals surface area contributed by atoms with Gasteiger partial charge in [0.05, 0.1) is 18.3 Å². The van der Waals surface area contributed by atoms with Crippen molar-refractivity contribution in [3.8, 4) is 0 Å². The fraction of sp³-hybridized carbons (Fsp3) is 0.529. The number of carbonyl (C=O) groups is 2. The molecule has 0 radical (unpaired) electrons. The number of para-hydroxylation sites is 1. The quantitative estimate of drug-likeness (QED) is 0.771. The van der Waals surface area contributed by atoms with Gasteiger partial charge in [0, 0.05) is 31.8 Å². The van der Waals surface area contributed by atoms with Gasteiger partial charge in [-0.2, -0.15) is 0 Å². The van der Waals surface area contributed by atoms with Crippen molar-refractivity contribution in [2.24, 2.45) is 5.73 Å². The van der Waals surface area contributed by atoms with E-state index in [-0.39, 0.29) is 30.4 Å². The summed E-state index contributed by atoms with van der Waals surface area (Å²) in [6.07, 6.45) is 1.94. The Hall–Kier alpha value is -1.76. The van der Waals surface area contributed by atoms with Crippen LogP contribution in [0.4, 0.5) is 5.69 Å². The molecule has 1 aromatic rings. The number of methoxy groups -OCH3 is 1. The van der Waals surface area contributed by atoms with E-state index in [2.05, 4.69) is 10.2 Å². The maximum atomic E-state index is 12.3. The first-order valence-corrected chi connectivity index (χ1v) is 7.91. The Kier molecular flexibility index (Phi) is 6.27. The first-order valence-electron chi connectivity index (χ1n) is 7.91. The summed E-state index contributed by atoms with van der Waals surface area (Å²) in [5, 5.41) is 2.84. The molecule has 1 fully saturated rings. The van der Waals surface area contributed by atoms with Gasteiger partial charge in [-0.25, -0.2) is 0 Å².